The fourth-order valence-corrected chi connectivity index (χ4v) is 2.74. The normalized spacial score (nSPS) is 25.9. The molecule has 3 heteroatoms. The van der Waals surface area contributed by atoms with Crippen molar-refractivity contribution in [3.05, 3.63) is 0 Å². The van der Waals surface area contributed by atoms with Crippen LogP contribution in [0.2, 0.25) is 0 Å². The van der Waals surface area contributed by atoms with Gasteiger partial charge >= 0.3 is 0 Å². The second-order valence-electron chi connectivity index (χ2n) is 5.29. The fraction of sp³-hybridized carbons (Fsp3) is 1.00. The van der Waals surface area contributed by atoms with Gasteiger partial charge in [0.1, 0.15) is 0 Å². The molecule has 0 amide bonds. The zero-order valence-corrected chi connectivity index (χ0v) is 9.55. The third-order valence-corrected chi connectivity index (χ3v) is 3.53. The van der Waals surface area contributed by atoms with Gasteiger partial charge in [-0.3, -0.25) is 0 Å². The fourth-order valence-electron chi connectivity index (χ4n) is 2.74. The van der Waals surface area contributed by atoms with E-state index in [1.165, 1.54) is 52.1 Å². The summed E-state index contributed by atoms with van der Waals surface area (Å²) in [5.41, 5.74) is 0.679. The van der Waals surface area contributed by atoms with E-state index >= 15 is 0 Å². The Morgan fingerprint density at radius 3 is 2.71 bits per heavy atom. The highest BCUT2D eigenvalue weighted by Crippen LogP contribution is 2.35. The minimum atomic E-state index is 0.679. The van der Waals surface area contributed by atoms with Gasteiger partial charge in [-0.05, 0) is 46.6 Å². The van der Waals surface area contributed by atoms with Crippen LogP contribution in [0.3, 0.4) is 0 Å². The van der Waals surface area contributed by atoms with Crippen molar-refractivity contribution in [2.24, 2.45) is 5.41 Å². The number of nitrogens with zero attached hydrogens (tertiary/aromatic N) is 2. The van der Waals surface area contributed by atoms with E-state index in [9.17, 15) is 0 Å². The maximum atomic E-state index is 3.47. The van der Waals surface area contributed by atoms with Crippen LogP contribution in [0.25, 0.3) is 0 Å². The van der Waals surface area contributed by atoms with Crippen molar-refractivity contribution < 1.29 is 0 Å². The highest BCUT2D eigenvalue weighted by atomic mass is 15.2. The summed E-state index contributed by atoms with van der Waals surface area (Å²) in [6, 6.07) is 0. The Morgan fingerprint density at radius 2 is 2.14 bits per heavy atom. The van der Waals surface area contributed by atoms with Crippen LogP contribution in [0.4, 0.5) is 0 Å². The lowest BCUT2D eigenvalue weighted by molar-refractivity contribution is 0.0152. The minimum Gasteiger partial charge on any atom is -0.316 e. The summed E-state index contributed by atoms with van der Waals surface area (Å²) in [6.07, 6.45) is 2.72. The van der Waals surface area contributed by atoms with E-state index < -0.39 is 0 Å². The molecule has 0 radical (unpaired) electrons. The van der Waals surface area contributed by atoms with E-state index in [2.05, 4.69) is 29.2 Å². The van der Waals surface area contributed by atoms with Gasteiger partial charge in [-0.1, -0.05) is 0 Å². The second kappa shape index (κ2) is 4.17. The number of likely N-dealkylation sites (tertiary alicyclic amines) is 1. The highest BCUT2D eigenvalue weighted by molar-refractivity contribution is 4.99. The SMILES string of the molecule is CN(C)CCCN1CC2(CCNC2)C1. The van der Waals surface area contributed by atoms with Crippen molar-refractivity contribution >= 4 is 0 Å². The molecule has 0 saturated carbocycles. The van der Waals surface area contributed by atoms with Gasteiger partial charge in [0.25, 0.3) is 0 Å². The Balaban J connectivity index is 1.58. The molecule has 2 heterocycles. The van der Waals surface area contributed by atoms with Crippen molar-refractivity contribution in [1.29, 1.82) is 0 Å². The quantitative estimate of drug-likeness (QED) is 0.696. The molecule has 2 rings (SSSR count). The smallest absolute Gasteiger partial charge is 0.00943 e. The van der Waals surface area contributed by atoms with Crippen molar-refractivity contribution in [1.82, 2.24) is 15.1 Å². The first-order valence-electron chi connectivity index (χ1n) is 5.78. The molecule has 2 aliphatic rings. The van der Waals surface area contributed by atoms with E-state index in [0.29, 0.717) is 5.41 Å². The van der Waals surface area contributed by atoms with Crippen molar-refractivity contribution in [3.63, 3.8) is 0 Å². The molecule has 82 valence electrons. The van der Waals surface area contributed by atoms with Gasteiger partial charge in [0.05, 0.1) is 0 Å². The van der Waals surface area contributed by atoms with Crippen LogP contribution in [0.1, 0.15) is 12.8 Å². The molecule has 2 aliphatic heterocycles. The Labute approximate surface area is 87.4 Å². The molecule has 0 unspecified atom stereocenters. The lowest BCUT2D eigenvalue weighted by Gasteiger charge is -2.48. The zero-order valence-electron chi connectivity index (χ0n) is 9.55. The first-order valence-corrected chi connectivity index (χ1v) is 5.78. The van der Waals surface area contributed by atoms with Crippen molar-refractivity contribution in [2.75, 3.05) is 53.4 Å². The summed E-state index contributed by atoms with van der Waals surface area (Å²) in [6.45, 7) is 7.70. The Morgan fingerprint density at radius 1 is 1.36 bits per heavy atom. The molecule has 2 saturated heterocycles. The van der Waals surface area contributed by atoms with Crippen LogP contribution in [0.15, 0.2) is 0 Å². The van der Waals surface area contributed by atoms with Crippen LogP contribution >= 0.6 is 0 Å². The summed E-state index contributed by atoms with van der Waals surface area (Å²) < 4.78 is 0. The van der Waals surface area contributed by atoms with Crippen LogP contribution in [-0.4, -0.2) is 63.2 Å². The molecule has 2 fully saturated rings. The first kappa shape index (κ1) is 10.4. The molecule has 3 nitrogen and oxygen atoms in total. The van der Waals surface area contributed by atoms with Gasteiger partial charge in [0, 0.05) is 25.0 Å². The number of hydrogen-bond donors (Lipinski definition) is 1. The number of nitrogens with one attached hydrogen (secondary N) is 1. The zero-order chi connectivity index (χ0) is 10.0. The molecule has 0 atom stereocenters. The van der Waals surface area contributed by atoms with Crippen LogP contribution in [-0.2, 0) is 0 Å². The van der Waals surface area contributed by atoms with Crippen molar-refractivity contribution in [2.45, 2.75) is 12.8 Å². The van der Waals surface area contributed by atoms with Gasteiger partial charge in [0.15, 0.2) is 0 Å². The van der Waals surface area contributed by atoms with E-state index in [1.807, 2.05) is 0 Å². The molecule has 0 aromatic rings. The number of rotatable bonds is 4. The molecular formula is C11H23N3. The molecule has 0 aromatic heterocycles. The van der Waals surface area contributed by atoms with Crippen molar-refractivity contribution in [3.8, 4) is 0 Å². The molecule has 1 N–H and O–H groups in total. The van der Waals surface area contributed by atoms with E-state index in [4.69, 9.17) is 0 Å². The Hall–Kier alpha value is -0.120. The van der Waals surface area contributed by atoms with Crippen LogP contribution in [0, 0.1) is 5.41 Å². The van der Waals surface area contributed by atoms with E-state index in [-0.39, 0.29) is 0 Å². The standard InChI is InChI=1S/C11H23N3/c1-13(2)6-3-7-14-9-11(10-14)4-5-12-8-11/h12H,3-10H2,1-2H3. The van der Waals surface area contributed by atoms with Gasteiger partial charge < -0.3 is 15.1 Å². The lowest BCUT2D eigenvalue weighted by Crippen LogP contribution is -2.57. The van der Waals surface area contributed by atoms with E-state index in [0.717, 1.165) is 0 Å². The van der Waals surface area contributed by atoms with E-state index in [1.54, 1.807) is 0 Å². The molecule has 14 heavy (non-hydrogen) atoms. The summed E-state index contributed by atoms with van der Waals surface area (Å²) in [7, 11) is 4.30. The third-order valence-electron chi connectivity index (χ3n) is 3.53. The second-order valence-corrected chi connectivity index (χ2v) is 5.29. The van der Waals surface area contributed by atoms with Gasteiger partial charge in [-0.25, -0.2) is 0 Å². The summed E-state index contributed by atoms with van der Waals surface area (Å²) >= 11 is 0. The van der Waals surface area contributed by atoms with Crippen LogP contribution in [0.5, 0.6) is 0 Å². The summed E-state index contributed by atoms with van der Waals surface area (Å²) in [4.78, 5) is 4.88. The summed E-state index contributed by atoms with van der Waals surface area (Å²) in [5, 5.41) is 3.47. The summed E-state index contributed by atoms with van der Waals surface area (Å²) in [5.74, 6) is 0. The number of hydrogen-bond acceptors (Lipinski definition) is 3. The predicted octanol–water partition coefficient (Wildman–Crippen LogP) is 0.233. The average Bonchev–Trinajstić information content (AvgIpc) is 2.51. The van der Waals surface area contributed by atoms with Gasteiger partial charge in [-0.2, -0.15) is 0 Å². The Kier molecular flexibility index (Phi) is 3.10. The maximum Gasteiger partial charge on any atom is 0.00943 e. The van der Waals surface area contributed by atoms with Gasteiger partial charge in [-0.15, -0.1) is 0 Å². The predicted molar refractivity (Wildman–Crippen MR) is 59.5 cm³/mol. The third kappa shape index (κ3) is 2.27. The largest absolute Gasteiger partial charge is 0.316 e. The molecule has 0 bridgehead atoms. The average molecular weight is 197 g/mol. The first-order chi connectivity index (χ1) is 6.70. The molecule has 0 aliphatic carbocycles. The van der Waals surface area contributed by atoms with Gasteiger partial charge in [0.2, 0.25) is 0 Å². The van der Waals surface area contributed by atoms with Crippen LogP contribution < -0.4 is 5.32 Å². The maximum absolute atomic E-state index is 3.47. The highest BCUT2D eigenvalue weighted by Gasteiger charge is 2.44. The lowest BCUT2D eigenvalue weighted by atomic mass is 9.79. The molecule has 1 spiro atoms. The Bertz CT molecular complexity index is 177. The topological polar surface area (TPSA) is 18.5 Å². The molecular weight excluding hydrogens is 174 g/mol. The monoisotopic (exact) mass is 197 g/mol. The molecule has 0 aromatic carbocycles. The minimum absolute atomic E-state index is 0.679.